The number of hydrogen-bond donors (Lipinski definition) is 2. The molecule has 0 saturated heterocycles. The van der Waals surface area contributed by atoms with Crippen molar-refractivity contribution in [2.45, 2.75) is 50.4 Å². The van der Waals surface area contributed by atoms with E-state index in [4.69, 9.17) is 0 Å². The third kappa shape index (κ3) is 4.30. The van der Waals surface area contributed by atoms with Crippen molar-refractivity contribution in [3.8, 4) is 0 Å². The molecule has 1 fully saturated rings. The molecule has 1 aromatic rings. The lowest BCUT2D eigenvalue weighted by Crippen LogP contribution is -2.44. The van der Waals surface area contributed by atoms with Crippen molar-refractivity contribution in [1.29, 1.82) is 0 Å². The molecule has 1 aliphatic carbocycles. The van der Waals surface area contributed by atoms with Crippen molar-refractivity contribution < 1.29 is 8.42 Å². The van der Waals surface area contributed by atoms with E-state index < -0.39 is 10.0 Å². The Kier molecular flexibility index (Phi) is 4.83. The monoisotopic (exact) mass is 296 g/mol. The zero-order chi connectivity index (χ0) is 14.6. The summed E-state index contributed by atoms with van der Waals surface area (Å²) in [6.07, 6.45) is 4.09. The van der Waals surface area contributed by atoms with E-state index in [9.17, 15) is 8.42 Å². The van der Waals surface area contributed by atoms with Crippen LogP contribution in [0.4, 0.5) is 0 Å². The third-order valence-electron chi connectivity index (χ3n) is 3.84. The molecule has 0 bridgehead atoms. The van der Waals surface area contributed by atoms with Crippen LogP contribution in [0.2, 0.25) is 0 Å². The van der Waals surface area contributed by atoms with Gasteiger partial charge >= 0.3 is 0 Å². The summed E-state index contributed by atoms with van der Waals surface area (Å²) < 4.78 is 27.5. The molecule has 2 rings (SSSR count). The standard InChI is InChI=1S/C15H24N2O2S/c1-15(8-3-4-9-15)17-20(18,19)12-14-7-5-6-13(10-14)11-16-2/h5-7,10,16-17H,3-4,8-9,11-12H2,1-2H3. The largest absolute Gasteiger partial charge is 0.316 e. The third-order valence-corrected chi connectivity index (χ3v) is 5.36. The molecule has 0 unspecified atom stereocenters. The van der Waals surface area contributed by atoms with Crippen LogP contribution < -0.4 is 10.0 Å². The SMILES string of the molecule is CNCc1cccc(CS(=O)(=O)NC2(C)CCCC2)c1. The van der Waals surface area contributed by atoms with Crippen molar-refractivity contribution in [3.05, 3.63) is 35.4 Å². The fraction of sp³-hybridized carbons (Fsp3) is 0.600. The molecule has 0 radical (unpaired) electrons. The zero-order valence-electron chi connectivity index (χ0n) is 12.3. The first-order valence-electron chi connectivity index (χ1n) is 7.17. The molecule has 0 amide bonds. The fourth-order valence-corrected chi connectivity index (χ4v) is 4.57. The van der Waals surface area contributed by atoms with E-state index in [-0.39, 0.29) is 11.3 Å². The van der Waals surface area contributed by atoms with Crippen LogP contribution in [0.5, 0.6) is 0 Å². The quantitative estimate of drug-likeness (QED) is 0.846. The summed E-state index contributed by atoms with van der Waals surface area (Å²) in [6, 6.07) is 7.73. The van der Waals surface area contributed by atoms with Crippen LogP contribution in [-0.4, -0.2) is 21.0 Å². The number of nitrogens with one attached hydrogen (secondary N) is 2. The highest BCUT2D eigenvalue weighted by atomic mass is 32.2. The smallest absolute Gasteiger partial charge is 0.216 e. The maximum Gasteiger partial charge on any atom is 0.216 e. The van der Waals surface area contributed by atoms with E-state index in [1.807, 2.05) is 38.2 Å². The Morgan fingerprint density at radius 3 is 2.50 bits per heavy atom. The number of hydrogen-bond acceptors (Lipinski definition) is 3. The summed E-state index contributed by atoms with van der Waals surface area (Å²) >= 11 is 0. The van der Waals surface area contributed by atoms with E-state index >= 15 is 0 Å². The average Bonchev–Trinajstić information content (AvgIpc) is 2.74. The van der Waals surface area contributed by atoms with Gasteiger partial charge in [0.1, 0.15) is 0 Å². The highest BCUT2D eigenvalue weighted by Gasteiger charge is 2.32. The van der Waals surface area contributed by atoms with Crippen molar-refractivity contribution in [1.82, 2.24) is 10.0 Å². The topological polar surface area (TPSA) is 58.2 Å². The highest BCUT2D eigenvalue weighted by molar-refractivity contribution is 7.88. The van der Waals surface area contributed by atoms with Gasteiger partial charge in [0.25, 0.3) is 0 Å². The first kappa shape index (κ1) is 15.5. The highest BCUT2D eigenvalue weighted by Crippen LogP contribution is 2.30. The van der Waals surface area contributed by atoms with E-state index in [1.54, 1.807) is 0 Å². The van der Waals surface area contributed by atoms with E-state index in [1.165, 1.54) is 0 Å². The van der Waals surface area contributed by atoms with Gasteiger partial charge in [0.15, 0.2) is 0 Å². The molecule has 0 spiro atoms. The zero-order valence-corrected chi connectivity index (χ0v) is 13.1. The van der Waals surface area contributed by atoms with Gasteiger partial charge in [-0.1, -0.05) is 37.1 Å². The maximum atomic E-state index is 12.3. The second-order valence-corrected chi connectivity index (χ2v) is 7.70. The summed E-state index contributed by atoms with van der Waals surface area (Å²) in [5.41, 5.74) is 1.70. The molecule has 0 aliphatic heterocycles. The maximum absolute atomic E-state index is 12.3. The normalized spacial score (nSPS) is 18.3. The summed E-state index contributed by atoms with van der Waals surface area (Å²) in [6.45, 7) is 2.76. The van der Waals surface area contributed by atoms with Gasteiger partial charge in [0.2, 0.25) is 10.0 Å². The van der Waals surface area contributed by atoms with Gasteiger partial charge in [-0.3, -0.25) is 0 Å². The molecule has 1 aliphatic rings. The molecule has 0 atom stereocenters. The summed E-state index contributed by atoms with van der Waals surface area (Å²) in [5, 5.41) is 3.07. The van der Waals surface area contributed by atoms with Crippen molar-refractivity contribution in [2.75, 3.05) is 7.05 Å². The molecule has 0 heterocycles. The van der Waals surface area contributed by atoms with Crippen LogP contribution in [0.1, 0.15) is 43.7 Å². The van der Waals surface area contributed by atoms with E-state index in [0.29, 0.717) is 0 Å². The predicted octanol–water partition coefficient (Wildman–Crippen LogP) is 2.16. The molecule has 112 valence electrons. The Labute approximate surface area is 122 Å². The molecule has 0 aromatic heterocycles. The van der Waals surface area contributed by atoms with Crippen molar-refractivity contribution in [3.63, 3.8) is 0 Å². The molecular formula is C15H24N2O2S. The molecule has 4 nitrogen and oxygen atoms in total. The number of sulfonamides is 1. The minimum absolute atomic E-state index is 0.0557. The Bertz CT molecular complexity index is 549. The van der Waals surface area contributed by atoms with Crippen LogP contribution in [0.15, 0.2) is 24.3 Å². The number of benzene rings is 1. The van der Waals surface area contributed by atoms with E-state index in [0.717, 1.165) is 43.4 Å². The Balaban J connectivity index is 2.06. The lowest BCUT2D eigenvalue weighted by atomic mass is 10.0. The lowest BCUT2D eigenvalue weighted by Gasteiger charge is -2.25. The second-order valence-electron chi connectivity index (χ2n) is 5.98. The minimum atomic E-state index is -3.28. The van der Waals surface area contributed by atoms with Crippen LogP contribution in [0.25, 0.3) is 0 Å². The molecule has 1 aromatic carbocycles. The van der Waals surface area contributed by atoms with Gasteiger partial charge in [-0.05, 0) is 37.9 Å². The second kappa shape index (κ2) is 6.24. The molecular weight excluding hydrogens is 272 g/mol. The van der Waals surface area contributed by atoms with Crippen LogP contribution in [0, 0.1) is 0 Å². The predicted molar refractivity (Wildman–Crippen MR) is 81.8 cm³/mol. The van der Waals surface area contributed by atoms with Gasteiger partial charge in [0.05, 0.1) is 5.75 Å². The Morgan fingerprint density at radius 1 is 1.20 bits per heavy atom. The summed E-state index contributed by atoms with van der Waals surface area (Å²) in [7, 11) is -1.40. The van der Waals surface area contributed by atoms with Crippen LogP contribution in [0.3, 0.4) is 0 Å². The first-order chi connectivity index (χ1) is 9.42. The Morgan fingerprint density at radius 2 is 1.85 bits per heavy atom. The summed E-state index contributed by atoms with van der Waals surface area (Å²) in [4.78, 5) is 0. The van der Waals surface area contributed by atoms with Gasteiger partial charge in [-0.15, -0.1) is 0 Å². The van der Waals surface area contributed by atoms with Crippen LogP contribution >= 0.6 is 0 Å². The van der Waals surface area contributed by atoms with Crippen LogP contribution in [-0.2, 0) is 22.3 Å². The molecule has 5 heteroatoms. The summed E-state index contributed by atoms with van der Waals surface area (Å²) in [5.74, 6) is 0.0557. The van der Waals surface area contributed by atoms with Gasteiger partial charge < -0.3 is 5.32 Å². The molecule has 20 heavy (non-hydrogen) atoms. The average molecular weight is 296 g/mol. The fourth-order valence-electron chi connectivity index (χ4n) is 2.92. The molecule has 1 saturated carbocycles. The van der Waals surface area contributed by atoms with Crippen molar-refractivity contribution in [2.24, 2.45) is 0 Å². The van der Waals surface area contributed by atoms with Gasteiger partial charge in [-0.2, -0.15) is 0 Å². The Hall–Kier alpha value is -0.910. The molecule has 2 N–H and O–H groups in total. The van der Waals surface area contributed by atoms with Gasteiger partial charge in [0, 0.05) is 12.1 Å². The number of rotatable bonds is 6. The van der Waals surface area contributed by atoms with Gasteiger partial charge in [-0.25, -0.2) is 13.1 Å². The minimum Gasteiger partial charge on any atom is -0.316 e. The lowest BCUT2D eigenvalue weighted by molar-refractivity contribution is 0.427. The van der Waals surface area contributed by atoms with E-state index in [2.05, 4.69) is 10.0 Å². The van der Waals surface area contributed by atoms with Crippen molar-refractivity contribution >= 4 is 10.0 Å². The first-order valence-corrected chi connectivity index (χ1v) is 8.82.